The molecule has 0 aromatic carbocycles. The summed E-state index contributed by atoms with van der Waals surface area (Å²) in [7, 11) is 0. The van der Waals surface area contributed by atoms with Crippen LogP contribution in [0.5, 0.6) is 0 Å². The van der Waals surface area contributed by atoms with E-state index in [1.165, 1.54) is 37.7 Å². The van der Waals surface area contributed by atoms with Gasteiger partial charge in [-0.2, -0.15) is 0 Å². The number of nitrogen functional groups attached to an aromatic ring is 1. The third kappa shape index (κ3) is 5.34. The van der Waals surface area contributed by atoms with Gasteiger partial charge in [0.05, 0.1) is 30.3 Å². The number of halogens is 1. The molecule has 0 atom stereocenters. The summed E-state index contributed by atoms with van der Waals surface area (Å²) in [6.45, 7) is 3.34. The lowest BCUT2D eigenvalue weighted by Gasteiger charge is -2.01. The predicted octanol–water partition coefficient (Wildman–Crippen LogP) is 1.88. The summed E-state index contributed by atoms with van der Waals surface area (Å²) in [5.41, 5.74) is 7.08. The number of hydrogen-bond donors (Lipinski definition) is 2. The van der Waals surface area contributed by atoms with Crippen LogP contribution in [-0.2, 0) is 11.3 Å². The van der Waals surface area contributed by atoms with Crippen LogP contribution in [0.2, 0.25) is 0 Å². The maximum atomic E-state index is 12.8. The van der Waals surface area contributed by atoms with Gasteiger partial charge in [0.2, 0.25) is 11.8 Å². The molecule has 3 rings (SSSR count). The van der Waals surface area contributed by atoms with Crippen molar-refractivity contribution in [1.29, 1.82) is 0 Å². The van der Waals surface area contributed by atoms with Crippen LogP contribution in [0.25, 0.3) is 11.6 Å². The lowest BCUT2D eigenvalue weighted by Crippen LogP contribution is -2.20. The first-order chi connectivity index (χ1) is 12.0. The molecule has 3 N–H and O–H groups in total. The van der Waals surface area contributed by atoms with Crippen LogP contribution in [0, 0.1) is 12.7 Å². The molecular formula is C16H17FN6O2. The molecular weight excluding hydrogens is 327 g/mol. The van der Waals surface area contributed by atoms with E-state index in [0.717, 1.165) is 5.69 Å². The minimum atomic E-state index is -0.397. The molecule has 0 unspecified atom stereocenters. The second-order valence-electron chi connectivity index (χ2n) is 4.91. The highest BCUT2D eigenvalue weighted by Gasteiger charge is 2.09. The standard InChI is InChI=1S/C8H9FN2O.C8H8N4O/c1-6(12)11-5-8-7(9)3-2-4-10-8;1-5-7(8-10-2-3-13-8)12-6(9)4-11-5/h2-4H,5H2,1H3,(H,11,12);2-4H,1H3,(H2,9,12). The fourth-order valence-electron chi connectivity index (χ4n) is 1.76. The van der Waals surface area contributed by atoms with E-state index in [2.05, 4.69) is 25.3 Å². The molecule has 9 heteroatoms. The van der Waals surface area contributed by atoms with Crippen LogP contribution < -0.4 is 11.1 Å². The Bertz CT molecular complexity index is 838. The second kappa shape index (κ2) is 8.48. The number of hydrogen-bond acceptors (Lipinski definition) is 7. The molecule has 1 amide bonds. The van der Waals surface area contributed by atoms with Gasteiger partial charge >= 0.3 is 0 Å². The van der Waals surface area contributed by atoms with E-state index in [0.29, 0.717) is 17.4 Å². The number of nitrogens with one attached hydrogen (secondary N) is 1. The van der Waals surface area contributed by atoms with Gasteiger partial charge in [-0.1, -0.05) is 0 Å². The molecule has 0 fully saturated rings. The number of aryl methyl sites for hydroxylation is 1. The first kappa shape index (κ1) is 18.0. The largest absolute Gasteiger partial charge is 0.443 e. The summed E-state index contributed by atoms with van der Waals surface area (Å²) in [6.07, 6.45) is 6.03. The van der Waals surface area contributed by atoms with Gasteiger partial charge in [0.25, 0.3) is 0 Å². The van der Waals surface area contributed by atoms with Gasteiger partial charge in [0, 0.05) is 13.1 Å². The average Bonchev–Trinajstić information content (AvgIpc) is 3.11. The van der Waals surface area contributed by atoms with Crippen LogP contribution in [0.1, 0.15) is 18.3 Å². The normalized spacial score (nSPS) is 9.88. The Balaban J connectivity index is 0.000000181. The predicted molar refractivity (Wildman–Crippen MR) is 88.4 cm³/mol. The van der Waals surface area contributed by atoms with Gasteiger partial charge < -0.3 is 15.5 Å². The van der Waals surface area contributed by atoms with E-state index in [9.17, 15) is 9.18 Å². The molecule has 3 heterocycles. The highest BCUT2D eigenvalue weighted by atomic mass is 19.1. The van der Waals surface area contributed by atoms with E-state index in [-0.39, 0.29) is 18.1 Å². The number of anilines is 1. The number of oxazole rings is 1. The third-order valence-electron chi connectivity index (χ3n) is 2.95. The Morgan fingerprint density at radius 1 is 1.32 bits per heavy atom. The van der Waals surface area contributed by atoms with Gasteiger partial charge in [-0.15, -0.1) is 0 Å². The molecule has 25 heavy (non-hydrogen) atoms. The molecule has 3 aromatic rings. The SMILES string of the molecule is CC(=O)NCc1ncccc1F.Cc1ncc(N)nc1-c1ncco1. The molecule has 0 aliphatic carbocycles. The van der Waals surface area contributed by atoms with Crippen molar-refractivity contribution in [2.75, 3.05) is 5.73 Å². The average molecular weight is 344 g/mol. The Morgan fingerprint density at radius 2 is 2.12 bits per heavy atom. The number of pyridine rings is 1. The Morgan fingerprint density at radius 3 is 2.76 bits per heavy atom. The number of amides is 1. The zero-order valence-electron chi connectivity index (χ0n) is 13.7. The van der Waals surface area contributed by atoms with Gasteiger partial charge in [-0.05, 0) is 19.1 Å². The summed E-state index contributed by atoms with van der Waals surface area (Å²) in [5, 5.41) is 2.46. The number of carbonyl (C=O) groups is 1. The fraction of sp³-hybridized carbons (Fsp3) is 0.188. The first-order valence-electron chi connectivity index (χ1n) is 7.30. The lowest BCUT2D eigenvalue weighted by atomic mass is 10.3. The van der Waals surface area contributed by atoms with Crippen molar-refractivity contribution in [3.63, 3.8) is 0 Å². The molecule has 130 valence electrons. The summed E-state index contributed by atoms with van der Waals surface area (Å²) < 4.78 is 17.9. The summed E-state index contributed by atoms with van der Waals surface area (Å²) in [5.74, 6) is 0.211. The highest BCUT2D eigenvalue weighted by molar-refractivity contribution is 5.72. The molecule has 0 saturated heterocycles. The molecule has 8 nitrogen and oxygen atoms in total. The molecule has 0 saturated carbocycles. The van der Waals surface area contributed by atoms with Crippen molar-refractivity contribution in [1.82, 2.24) is 25.3 Å². The van der Waals surface area contributed by atoms with Crippen LogP contribution in [0.3, 0.4) is 0 Å². The van der Waals surface area contributed by atoms with E-state index < -0.39 is 5.82 Å². The van der Waals surface area contributed by atoms with Crippen molar-refractivity contribution in [3.8, 4) is 11.6 Å². The minimum Gasteiger partial charge on any atom is -0.443 e. The van der Waals surface area contributed by atoms with Crippen LogP contribution in [-0.4, -0.2) is 25.8 Å². The third-order valence-corrected chi connectivity index (χ3v) is 2.95. The Hall–Kier alpha value is -3.36. The van der Waals surface area contributed by atoms with Gasteiger partial charge in [-0.3, -0.25) is 14.8 Å². The number of nitrogens with zero attached hydrogens (tertiary/aromatic N) is 4. The minimum absolute atomic E-state index is 0.141. The van der Waals surface area contributed by atoms with Gasteiger partial charge in [-0.25, -0.2) is 14.4 Å². The number of carbonyl (C=O) groups excluding carboxylic acids is 1. The van der Waals surface area contributed by atoms with Crippen LogP contribution >= 0.6 is 0 Å². The Labute approximate surface area is 143 Å². The zero-order chi connectivity index (χ0) is 18.2. The number of nitrogens with two attached hydrogens (primary N) is 1. The van der Waals surface area contributed by atoms with Crippen molar-refractivity contribution < 1.29 is 13.6 Å². The lowest BCUT2D eigenvalue weighted by molar-refractivity contribution is -0.119. The number of rotatable bonds is 3. The maximum Gasteiger partial charge on any atom is 0.246 e. The molecule has 0 spiro atoms. The summed E-state index contributed by atoms with van der Waals surface area (Å²) in [6, 6.07) is 2.82. The van der Waals surface area contributed by atoms with E-state index in [4.69, 9.17) is 10.2 Å². The van der Waals surface area contributed by atoms with E-state index >= 15 is 0 Å². The topological polar surface area (TPSA) is 120 Å². The smallest absolute Gasteiger partial charge is 0.246 e. The van der Waals surface area contributed by atoms with Crippen molar-refractivity contribution >= 4 is 11.7 Å². The van der Waals surface area contributed by atoms with E-state index in [1.807, 2.05) is 6.92 Å². The Kier molecular flexibility index (Phi) is 6.10. The number of aromatic nitrogens is 4. The van der Waals surface area contributed by atoms with Gasteiger partial charge in [0.15, 0.2) is 0 Å². The maximum absolute atomic E-state index is 12.8. The monoisotopic (exact) mass is 344 g/mol. The van der Waals surface area contributed by atoms with Crippen molar-refractivity contribution in [3.05, 3.63) is 54.2 Å². The quantitative estimate of drug-likeness (QED) is 0.744. The van der Waals surface area contributed by atoms with E-state index in [1.54, 1.807) is 6.20 Å². The summed E-state index contributed by atoms with van der Waals surface area (Å²) in [4.78, 5) is 26.3. The summed E-state index contributed by atoms with van der Waals surface area (Å²) >= 11 is 0. The van der Waals surface area contributed by atoms with Crippen molar-refractivity contribution in [2.45, 2.75) is 20.4 Å². The molecule has 0 radical (unpaired) electrons. The molecule has 0 aliphatic rings. The van der Waals surface area contributed by atoms with Gasteiger partial charge in [0.1, 0.15) is 23.6 Å². The van der Waals surface area contributed by atoms with Crippen LogP contribution in [0.15, 0.2) is 41.4 Å². The molecule has 3 aromatic heterocycles. The molecule has 0 bridgehead atoms. The highest BCUT2D eigenvalue weighted by Crippen LogP contribution is 2.17. The van der Waals surface area contributed by atoms with Crippen molar-refractivity contribution in [2.24, 2.45) is 0 Å². The zero-order valence-corrected chi connectivity index (χ0v) is 13.7. The second-order valence-corrected chi connectivity index (χ2v) is 4.91. The first-order valence-corrected chi connectivity index (χ1v) is 7.30. The fourth-order valence-corrected chi connectivity index (χ4v) is 1.76. The van der Waals surface area contributed by atoms with Crippen LogP contribution in [0.4, 0.5) is 10.2 Å². The molecule has 0 aliphatic heterocycles.